The first kappa shape index (κ1) is 28.4. The van der Waals surface area contributed by atoms with Gasteiger partial charge in [0.05, 0.1) is 11.1 Å². The molecule has 214 valence electrons. The van der Waals surface area contributed by atoms with E-state index in [-0.39, 0.29) is 16.9 Å². The van der Waals surface area contributed by atoms with Crippen molar-refractivity contribution in [2.75, 3.05) is 11.9 Å². The first-order valence-corrected chi connectivity index (χ1v) is 13.0. The summed E-state index contributed by atoms with van der Waals surface area (Å²) in [6.45, 7) is 0.936. The van der Waals surface area contributed by atoms with E-state index < -0.39 is 54.2 Å². The molecule has 0 bridgehead atoms. The van der Waals surface area contributed by atoms with Gasteiger partial charge in [-0.25, -0.2) is 18.8 Å². The van der Waals surface area contributed by atoms with Crippen LogP contribution in [-0.4, -0.2) is 51.9 Å². The maximum Gasteiger partial charge on any atom is 0.351 e. The lowest BCUT2D eigenvalue weighted by Gasteiger charge is -2.29. The number of nitrogens with zero attached hydrogens (tertiary/aromatic N) is 2. The van der Waals surface area contributed by atoms with E-state index in [1.54, 1.807) is 78.9 Å². The Hall–Kier alpha value is -5.16. The van der Waals surface area contributed by atoms with E-state index in [0.29, 0.717) is 5.56 Å². The van der Waals surface area contributed by atoms with Crippen molar-refractivity contribution in [3.63, 3.8) is 0 Å². The summed E-state index contributed by atoms with van der Waals surface area (Å²) in [7, 11) is 0. The van der Waals surface area contributed by atoms with Crippen molar-refractivity contribution in [1.29, 1.82) is 0 Å². The molecule has 0 aliphatic carbocycles. The number of amides is 1. The van der Waals surface area contributed by atoms with Gasteiger partial charge in [-0.1, -0.05) is 54.6 Å². The average molecular weight is 572 g/mol. The fraction of sp³-hybridized carbons (Fsp3) is 0.194. The molecule has 11 heteroatoms. The fourth-order valence-corrected chi connectivity index (χ4v) is 4.49. The summed E-state index contributed by atoms with van der Waals surface area (Å²) in [6, 6.07) is 25.8. The molecular weight excluding hydrogens is 545 g/mol. The van der Waals surface area contributed by atoms with Crippen LogP contribution in [0.4, 0.5) is 10.2 Å². The molecule has 0 radical (unpaired) electrons. The van der Waals surface area contributed by atoms with Gasteiger partial charge in [-0.3, -0.25) is 9.36 Å². The van der Waals surface area contributed by atoms with Gasteiger partial charge in [-0.2, -0.15) is 4.98 Å². The number of carbonyl (C=O) groups excluding carboxylic acids is 3. The number of benzene rings is 3. The van der Waals surface area contributed by atoms with Crippen LogP contribution < -0.4 is 11.0 Å². The number of aromatic nitrogens is 2. The maximum absolute atomic E-state index is 16.1. The number of halogens is 1. The van der Waals surface area contributed by atoms with E-state index in [1.807, 2.05) is 0 Å². The van der Waals surface area contributed by atoms with Crippen molar-refractivity contribution in [3.8, 4) is 0 Å². The van der Waals surface area contributed by atoms with Crippen molar-refractivity contribution in [2.45, 2.75) is 31.0 Å². The van der Waals surface area contributed by atoms with Gasteiger partial charge in [-0.15, -0.1) is 0 Å². The van der Waals surface area contributed by atoms with Gasteiger partial charge in [0.2, 0.25) is 0 Å². The third-order valence-electron chi connectivity index (χ3n) is 6.68. The Kier molecular flexibility index (Phi) is 8.21. The van der Waals surface area contributed by atoms with Crippen LogP contribution >= 0.6 is 0 Å². The van der Waals surface area contributed by atoms with Crippen molar-refractivity contribution in [2.24, 2.45) is 0 Å². The van der Waals surface area contributed by atoms with Crippen LogP contribution in [0.2, 0.25) is 0 Å². The Bertz CT molecular complexity index is 1630. The minimum absolute atomic E-state index is 0.0508. The van der Waals surface area contributed by atoms with Crippen molar-refractivity contribution in [1.82, 2.24) is 9.55 Å². The Morgan fingerprint density at radius 3 is 2.00 bits per heavy atom. The highest BCUT2D eigenvalue weighted by molar-refractivity contribution is 6.03. The highest BCUT2D eigenvalue weighted by Crippen LogP contribution is 2.41. The molecule has 1 saturated heterocycles. The molecule has 1 aromatic heterocycles. The van der Waals surface area contributed by atoms with Gasteiger partial charge < -0.3 is 19.5 Å². The maximum atomic E-state index is 16.1. The summed E-state index contributed by atoms with van der Waals surface area (Å²) in [5, 5.41) is 2.52. The second kappa shape index (κ2) is 12.1. The Balaban J connectivity index is 1.39. The topological polar surface area (TPSA) is 126 Å². The van der Waals surface area contributed by atoms with E-state index in [9.17, 15) is 19.2 Å². The molecule has 2 heterocycles. The zero-order valence-electron chi connectivity index (χ0n) is 22.4. The van der Waals surface area contributed by atoms with E-state index in [4.69, 9.17) is 14.2 Å². The molecular formula is C31H26FN3O7. The molecule has 1 fully saturated rings. The average Bonchev–Trinajstić information content (AvgIpc) is 3.26. The van der Waals surface area contributed by atoms with Crippen LogP contribution in [0.15, 0.2) is 108 Å². The van der Waals surface area contributed by atoms with Crippen LogP contribution in [0, 0.1) is 0 Å². The highest BCUT2D eigenvalue weighted by atomic mass is 19.1. The molecule has 3 aromatic carbocycles. The lowest BCUT2D eigenvalue weighted by Crippen LogP contribution is -2.46. The first-order chi connectivity index (χ1) is 20.2. The van der Waals surface area contributed by atoms with Crippen molar-refractivity contribution in [3.05, 3.63) is 130 Å². The van der Waals surface area contributed by atoms with Crippen LogP contribution in [-0.2, 0) is 14.2 Å². The standard InChI is InChI=1S/C31H26FN3O7/c1-31(19-40-28(37)21-13-7-3-8-14-21)25(41-29(38)22-15-9-4-10-16-22)24(32)27(42-31)35-18-17-23(34-30(35)39)33-26(36)20-11-5-2-6-12-20/h2-18,24-25,27H,19H2,1H3,(H,33,34,36,39)/t24-,25-,27+,31+/m0/s1. The summed E-state index contributed by atoms with van der Waals surface area (Å²) >= 11 is 0. The first-order valence-electron chi connectivity index (χ1n) is 13.0. The number of esters is 2. The quantitative estimate of drug-likeness (QED) is 0.312. The summed E-state index contributed by atoms with van der Waals surface area (Å²) in [5.41, 5.74) is -1.81. The van der Waals surface area contributed by atoms with E-state index in [0.717, 1.165) is 4.57 Å². The van der Waals surface area contributed by atoms with E-state index >= 15 is 4.39 Å². The molecule has 1 aliphatic heterocycles. The minimum Gasteiger partial charge on any atom is -0.459 e. The molecule has 4 aromatic rings. The largest absolute Gasteiger partial charge is 0.459 e. The van der Waals surface area contributed by atoms with Gasteiger partial charge in [0, 0.05) is 11.8 Å². The van der Waals surface area contributed by atoms with Gasteiger partial charge in [0.15, 0.2) is 18.5 Å². The Morgan fingerprint density at radius 1 is 0.881 bits per heavy atom. The minimum atomic E-state index is -2.05. The van der Waals surface area contributed by atoms with E-state index in [2.05, 4.69) is 10.3 Å². The molecule has 0 spiro atoms. The number of rotatable bonds is 8. The van der Waals surface area contributed by atoms with Gasteiger partial charge in [0.1, 0.15) is 18.0 Å². The van der Waals surface area contributed by atoms with Gasteiger partial charge in [-0.05, 0) is 49.4 Å². The molecule has 4 atom stereocenters. The number of carbonyl (C=O) groups is 3. The zero-order chi connectivity index (χ0) is 29.7. The number of ether oxygens (including phenoxy) is 3. The third-order valence-corrected chi connectivity index (χ3v) is 6.68. The predicted octanol–water partition coefficient (Wildman–Crippen LogP) is 4.20. The number of hydrogen-bond acceptors (Lipinski definition) is 8. The second-order valence-electron chi connectivity index (χ2n) is 9.72. The number of nitrogens with one attached hydrogen (secondary N) is 1. The summed E-state index contributed by atoms with van der Waals surface area (Å²) in [6.07, 6.45) is -3.99. The Morgan fingerprint density at radius 2 is 1.43 bits per heavy atom. The van der Waals surface area contributed by atoms with Crippen LogP contribution in [0.25, 0.3) is 0 Å². The second-order valence-corrected chi connectivity index (χ2v) is 9.72. The summed E-state index contributed by atoms with van der Waals surface area (Å²) < 4.78 is 33.9. The number of alkyl halides is 1. The predicted molar refractivity (Wildman–Crippen MR) is 149 cm³/mol. The molecule has 0 saturated carbocycles. The Labute approximate surface area is 239 Å². The lowest BCUT2D eigenvalue weighted by atomic mass is 9.98. The molecule has 42 heavy (non-hydrogen) atoms. The normalized spacial score (nSPS) is 21.3. The molecule has 1 aliphatic rings. The van der Waals surface area contributed by atoms with Crippen molar-refractivity contribution < 1.29 is 33.0 Å². The smallest absolute Gasteiger partial charge is 0.351 e. The van der Waals surface area contributed by atoms with Crippen molar-refractivity contribution >= 4 is 23.7 Å². The SMILES string of the molecule is C[C@]1(COC(=O)c2ccccc2)O[C@@H](n2ccc(NC(=O)c3ccccc3)nc2=O)[C@@H](F)[C@@H]1OC(=O)c1ccccc1. The lowest BCUT2D eigenvalue weighted by molar-refractivity contribution is -0.122. The summed E-state index contributed by atoms with van der Waals surface area (Å²) in [4.78, 5) is 54.8. The van der Waals surface area contributed by atoms with Crippen LogP contribution in [0.1, 0.15) is 44.2 Å². The van der Waals surface area contributed by atoms with Crippen LogP contribution in [0.3, 0.4) is 0 Å². The highest BCUT2D eigenvalue weighted by Gasteiger charge is 2.57. The van der Waals surface area contributed by atoms with Gasteiger partial charge in [0.25, 0.3) is 5.91 Å². The molecule has 10 nitrogen and oxygen atoms in total. The zero-order valence-corrected chi connectivity index (χ0v) is 22.4. The van der Waals surface area contributed by atoms with Crippen LogP contribution in [0.5, 0.6) is 0 Å². The van der Waals surface area contributed by atoms with Gasteiger partial charge >= 0.3 is 17.6 Å². The summed E-state index contributed by atoms with van der Waals surface area (Å²) in [5.74, 6) is -2.05. The van der Waals surface area contributed by atoms with E-state index in [1.165, 1.54) is 31.3 Å². The third kappa shape index (κ3) is 6.11. The molecule has 0 unspecified atom stereocenters. The fourth-order valence-electron chi connectivity index (χ4n) is 4.49. The molecule has 5 rings (SSSR count). The number of anilines is 1. The number of hydrogen-bond donors (Lipinski definition) is 1. The molecule has 1 amide bonds. The molecule has 1 N–H and O–H groups in total. The monoisotopic (exact) mass is 571 g/mol.